The molecule has 26 heavy (non-hydrogen) atoms. The number of rotatable bonds is 3. The number of nitrogens with zero attached hydrogens (tertiary/aromatic N) is 1. The highest BCUT2D eigenvalue weighted by Crippen LogP contribution is 2.38. The molecule has 1 aliphatic rings. The first-order chi connectivity index (χ1) is 12.5. The smallest absolute Gasteiger partial charge is 0.291 e. The predicted octanol–water partition coefficient (Wildman–Crippen LogP) is 4.14. The molecule has 0 N–H and O–H groups in total. The summed E-state index contributed by atoms with van der Waals surface area (Å²) in [4.78, 5) is 27.8. The Hall–Kier alpha value is -3.14. The Morgan fingerprint density at radius 1 is 1.08 bits per heavy atom. The van der Waals surface area contributed by atoms with Crippen molar-refractivity contribution in [2.45, 2.75) is 19.9 Å². The first-order valence-electron chi connectivity index (χ1n) is 8.57. The van der Waals surface area contributed by atoms with Gasteiger partial charge >= 0.3 is 0 Å². The van der Waals surface area contributed by atoms with Crippen molar-refractivity contribution in [2.24, 2.45) is 0 Å². The lowest BCUT2D eigenvalue weighted by Gasteiger charge is -2.23. The molecular weight excluding hydrogens is 326 g/mol. The molecule has 3 aromatic rings. The summed E-state index contributed by atoms with van der Waals surface area (Å²) >= 11 is 0. The summed E-state index contributed by atoms with van der Waals surface area (Å²) in [6.07, 6.45) is 1.67. The van der Waals surface area contributed by atoms with Crippen LogP contribution in [-0.2, 0) is 0 Å². The van der Waals surface area contributed by atoms with E-state index in [-0.39, 0.29) is 17.1 Å². The molecule has 0 unspecified atom stereocenters. The fraction of sp³-hybridized carbons (Fsp3) is 0.182. The minimum Gasteiger partial charge on any atom is -0.450 e. The van der Waals surface area contributed by atoms with Crippen molar-refractivity contribution < 1.29 is 9.21 Å². The normalized spacial score (nSPS) is 16.2. The van der Waals surface area contributed by atoms with E-state index in [0.717, 1.165) is 16.7 Å². The fourth-order valence-corrected chi connectivity index (χ4v) is 3.55. The maximum atomic E-state index is 13.2. The van der Waals surface area contributed by atoms with Gasteiger partial charge in [-0.3, -0.25) is 9.59 Å². The number of carbonyl (C=O) groups excluding carboxylic acids is 1. The number of benzene rings is 2. The zero-order chi connectivity index (χ0) is 18.4. The summed E-state index contributed by atoms with van der Waals surface area (Å²) in [7, 11) is 0. The first-order valence-corrected chi connectivity index (χ1v) is 8.57. The largest absolute Gasteiger partial charge is 0.450 e. The molecule has 0 radical (unpaired) electrons. The molecular formula is C22H19NO3. The standard InChI is InChI=1S/C22H19NO3/c1-4-11-23-19(15-8-5-13(2)6-9-15)18-20(24)16-10-7-14(3)12-17(16)26-21(18)22(23)25/h4-10,12,19H,1,11H2,2-3H3/t19-/m0/s1. The van der Waals surface area contributed by atoms with Crippen LogP contribution in [0.2, 0.25) is 0 Å². The third-order valence-electron chi connectivity index (χ3n) is 4.84. The number of hydrogen-bond donors (Lipinski definition) is 0. The van der Waals surface area contributed by atoms with E-state index in [0.29, 0.717) is 23.1 Å². The van der Waals surface area contributed by atoms with E-state index in [1.165, 1.54) is 0 Å². The SMILES string of the molecule is C=CCN1C(=O)c2oc3cc(C)ccc3c(=O)c2[C@@H]1c1ccc(C)cc1. The Morgan fingerprint density at radius 3 is 2.46 bits per heavy atom. The van der Waals surface area contributed by atoms with Gasteiger partial charge in [0.2, 0.25) is 5.76 Å². The van der Waals surface area contributed by atoms with Crippen molar-refractivity contribution >= 4 is 16.9 Å². The highest BCUT2D eigenvalue weighted by molar-refractivity contribution is 5.99. The van der Waals surface area contributed by atoms with E-state index in [1.807, 2.05) is 44.2 Å². The monoisotopic (exact) mass is 345 g/mol. The zero-order valence-corrected chi connectivity index (χ0v) is 14.8. The van der Waals surface area contributed by atoms with Crippen LogP contribution in [0.4, 0.5) is 0 Å². The number of aryl methyl sites for hydroxylation is 2. The van der Waals surface area contributed by atoms with Gasteiger partial charge in [0.1, 0.15) is 5.58 Å². The van der Waals surface area contributed by atoms with Crippen molar-refractivity contribution in [1.82, 2.24) is 4.90 Å². The third kappa shape index (κ3) is 2.37. The summed E-state index contributed by atoms with van der Waals surface area (Å²) in [6.45, 7) is 8.02. The highest BCUT2D eigenvalue weighted by Gasteiger charge is 2.42. The quantitative estimate of drug-likeness (QED) is 0.670. The van der Waals surface area contributed by atoms with Crippen LogP contribution in [0, 0.1) is 13.8 Å². The maximum absolute atomic E-state index is 13.2. The Morgan fingerprint density at radius 2 is 1.77 bits per heavy atom. The lowest BCUT2D eigenvalue weighted by atomic mass is 9.97. The van der Waals surface area contributed by atoms with Crippen LogP contribution in [-0.4, -0.2) is 17.4 Å². The van der Waals surface area contributed by atoms with Gasteiger partial charge in [0.25, 0.3) is 5.91 Å². The van der Waals surface area contributed by atoms with Crippen molar-refractivity contribution in [2.75, 3.05) is 6.54 Å². The molecule has 0 spiro atoms. The predicted molar refractivity (Wildman–Crippen MR) is 101 cm³/mol. The average Bonchev–Trinajstić information content (AvgIpc) is 2.89. The van der Waals surface area contributed by atoms with Gasteiger partial charge in [-0.15, -0.1) is 6.58 Å². The van der Waals surface area contributed by atoms with E-state index in [2.05, 4.69) is 6.58 Å². The van der Waals surface area contributed by atoms with Gasteiger partial charge in [0.15, 0.2) is 5.43 Å². The van der Waals surface area contributed by atoms with Crippen LogP contribution >= 0.6 is 0 Å². The van der Waals surface area contributed by atoms with Crippen molar-refractivity contribution in [3.8, 4) is 0 Å². The molecule has 0 fully saturated rings. The fourth-order valence-electron chi connectivity index (χ4n) is 3.55. The summed E-state index contributed by atoms with van der Waals surface area (Å²) in [6, 6.07) is 12.9. The van der Waals surface area contributed by atoms with Gasteiger partial charge in [0, 0.05) is 6.54 Å². The molecule has 0 saturated carbocycles. The van der Waals surface area contributed by atoms with E-state index in [1.54, 1.807) is 23.1 Å². The average molecular weight is 345 g/mol. The second kappa shape index (κ2) is 5.99. The van der Waals surface area contributed by atoms with Gasteiger partial charge in [-0.1, -0.05) is 42.0 Å². The van der Waals surface area contributed by atoms with Crippen molar-refractivity contribution in [1.29, 1.82) is 0 Å². The minimum atomic E-state index is -0.460. The van der Waals surface area contributed by atoms with Crippen molar-refractivity contribution in [3.05, 3.63) is 93.4 Å². The molecule has 0 saturated heterocycles. The Labute approximate surface area is 151 Å². The molecule has 1 amide bonds. The minimum absolute atomic E-state index is 0.139. The van der Waals surface area contributed by atoms with Gasteiger partial charge in [-0.25, -0.2) is 0 Å². The Bertz CT molecular complexity index is 1090. The highest BCUT2D eigenvalue weighted by atomic mass is 16.3. The third-order valence-corrected chi connectivity index (χ3v) is 4.84. The topological polar surface area (TPSA) is 50.5 Å². The summed E-state index contributed by atoms with van der Waals surface area (Å²) in [5.41, 5.74) is 3.70. The molecule has 4 heteroatoms. The van der Waals surface area contributed by atoms with Gasteiger partial charge in [-0.2, -0.15) is 0 Å². The maximum Gasteiger partial charge on any atom is 0.291 e. The van der Waals surface area contributed by atoms with Crippen LogP contribution in [0.5, 0.6) is 0 Å². The van der Waals surface area contributed by atoms with Crippen LogP contribution in [0.1, 0.15) is 38.9 Å². The molecule has 4 nitrogen and oxygen atoms in total. The molecule has 130 valence electrons. The van der Waals surface area contributed by atoms with Gasteiger partial charge < -0.3 is 9.32 Å². The first kappa shape index (κ1) is 16.3. The van der Waals surface area contributed by atoms with Crippen LogP contribution < -0.4 is 5.43 Å². The Kier molecular flexibility index (Phi) is 3.76. The summed E-state index contributed by atoms with van der Waals surface area (Å²) in [5, 5.41) is 0.500. The zero-order valence-electron chi connectivity index (χ0n) is 14.8. The van der Waals surface area contributed by atoms with Crippen LogP contribution in [0.25, 0.3) is 11.0 Å². The number of fused-ring (bicyclic) bond motifs is 2. The molecule has 2 heterocycles. The van der Waals surface area contributed by atoms with Gasteiger partial charge in [0.05, 0.1) is 17.0 Å². The van der Waals surface area contributed by atoms with E-state index >= 15 is 0 Å². The molecule has 2 aromatic carbocycles. The van der Waals surface area contributed by atoms with E-state index in [9.17, 15) is 9.59 Å². The molecule has 1 aromatic heterocycles. The second-order valence-corrected chi connectivity index (χ2v) is 6.73. The molecule has 1 aliphatic heterocycles. The molecule has 1 atom stereocenters. The number of amides is 1. The van der Waals surface area contributed by atoms with Crippen molar-refractivity contribution in [3.63, 3.8) is 0 Å². The number of hydrogen-bond acceptors (Lipinski definition) is 3. The molecule has 0 aliphatic carbocycles. The molecule has 0 bridgehead atoms. The molecule has 4 rings (SSSR count). The van der Waals surface area contributed by atoms with Gasteiger partial charge in [-0.05, 0) is 37.1 Å². The summed E-state index contributed by atoms with van der Waals surface area (Å²) in [5.74, 6) is -0.133. The van der Waals surface area contributed by atoms with E-state index < -0.39 is 6.04 Å². The van der Waals surface area contributed by atoms with Crippen LogP contribution in [0.15, 0.2) is 64.3 Å². The number of carbonyl (C=O) groups is 1. The lowest BCUT2D eigenvalue weighted by Crippen LogP contribution is -2.29. The van der Waals surface area contributed by atoms with E-state index in [4.69, 9.17) is 4.42 Å². The second-order valence-electron chi connectivity index (χ2n) is 6.73. The van der Waals surface area contributed by atoms with Crippen LogP contribution in [0.3, 0.4) is 0 Å². The lowest BCUT2D eigenvalue weighted by molar-refractivity contribution is 0.0748. The summed E-state index contributed by atoms with van der Waals surface area (Å²) < 4.78 is 5.90. The Balaban J connectivity index is 2.02.